The normalized spacial score (nSPS) is 45.3. The van der Waals surface area contributed by atoms with E-state index in [0.29, 0.717) is 5.92 Å². The zero-order valence-corrected chi connectivity index (χ0v) is 23.9. The monoisotopic (exact) mass is 520 g/mol. The molecule has 1 amide bonds. The maximum absolute atomic E-state index is 14.4. The quantitative estimate of drug-likeness (QED) is 0.549. The van der Waals surface area contributed by atoms with E-state index >= 15 is 0 Å². The van der Waals surface area contributed by atoms with Crippen LogP contribution >= 0.6 is 0 Å². The van der Waals surface area contributed by atoms with E-state index in [-0.39, 0.29) is 64.8 Å². The van der Waals surface area contributed by atoms with Gasteiger partial charge < -0.3 is 10.4 Å². The largest absolute Gasteiger partial charge is 0.395 e. The van der Waals surface area contributed by atoms with Crippen molar-refractivity contribution in [1.82, 2.24) is 5.32 Å². The van der Waals surface area contributed by atoms with Crippen molar-refractivity contribution in [1.29, 1.82) is 5.26 Å². The number of ketones is 2. The number of nitrogens with one attached hydrogen (secondary N) is 1. The number of rotatable bonds is 3. The number of amides is 1. The molecule has 0 heterocycles. The molecule has 0 aromatic rings. The SMILES string of the molecule is CC1CCC2(C(=O)NCCO)CCC3(C)C(C(=O)C=C4C5(C)C=C(C#N)C(=O)C(C)(C)C5CCC43C)C2C1. The molecule has 3 fully saturated rings. The van der Waals surface area contributed by atoms with E-state index in [1.54, 1.807) is 0 Å². The van der Waals surface area contributed by atoms with Gasteiger partial charge in [-0.15, -0.1) is 0 Å². The third kappa shape index (κ3) is 3.30. The number of fused-ring (bicyclic) bond motifs is 7. The molecule has 0 bridgehead atoms. The van der Waals surface area contributed by atoms with Gasteiger partial charge in [0.25, 0.3) is 0 Å². The number of carbonyl (C=O) groups excluding carboxylic acids is 3. The van der Waals surface area contributed by atoms with Crippen LogP contribution < -0.4 is 5.32 Å². The number of nitriles is 1. The molecular weight excluding hydrogens is 476 g/mol. The van der Waals surface area contributed by atoms with E-state index in [2.05, 4.69) is 39.1 Å². The summed E-state index contributed by atoms with van der Waals surface area (Å²) in [5.74, 6) is 0.214. The minimum Gasteiger partial charge on any atom is -0.395 e. The zero-order valence-electron chi connectivity index (χ0n) is 23.9. The highest BCUT2D eigenvalue weighted by atomic mass is 16.3. The number of hydrogen-bond acceptors (Lipinski definition) is 5. The molecule has 5 aliphatic carbocycles. The van der Waals surface area contributed by atoms with Gasteiger partial charge in [0.2, 0.25) is 5.91 Å². The van der Waals surface area contributed by atoms with Gasteiger partial charge >= 0.3 is 0 Å². The van der Waals surface area contributed by atoms with Gasteiger partial charge in [0, 0.05) is 23.3 Å². The van der Waals surface area contributed by atoms with E-state index < -0.39 is 16.2 Å². The summed E-state index contributed by atoms with van der Waals surface area (Å²) < 4.78 is 0. The number of nitrogens with zero attached hydrogens (tertiary/aromatic N) is 1. The predicted octanol–water partition coefficient (Wildman–Crippen LogP) is 4.92. The van der Waals surface area contributed by atoms with E-state index in [4.69, 9.17) is 0 Å². The van der Waals surface area contributed by atoms with Crippen molar-refractivity contribution < 1.29 is 19.5 Å². The highest BCUT2D eigenvalue weighted by Gasteiger charge is 2.70. The van der Waals surface area contributed by atoms with Crippen molar-refractivity contribution in [3.8, 4) is 6.07 Å². The molecule has 0 saturated heterocycles. The van der Waals surface area contributed by atoms with Crippen molar-refractivity contribution in [2.75, 3.05) is 13.2 Å². The third-order valence-electron chi connectivity index (χ3n) is 12.4. The van der Waals surface area contributed by atoms with Crippen LogP contribution in [0.25, 0.3) is 0 Å². The number of carbonyl (C=O) groups is 3. The fourth-order valence-corrected chi connectivity index (χ4v) is 10.2. The molecule has 0 aromatic carbocycles. The molecule has 0 aromatic heterocycles. The maximum Gasteiger partial charge on any atom is 0.226 e. The lowest BCUT2D eigenvalue weighted by Gasteiger charge is -2.68. The Morgan fingerprint density at radius 1 is 1.11 bits per heavy atom. The van der Waals surface area contributed by atoms with E-state index in [0.717, 1.165) is 50.5 Å². The minimum absolute atomic E-state index is 0.00281. The van der Waals surface area contributed by atoms with Gasteiger partial charge in [-0.2, -0.15) is 5.26 Å². The van der Waals surface area contributed by atoms with Crippen LogP contribution in [0.4, 0.5) is 0 Å². The van der Waals surface area contributed by atoms with Crippen LogP contribution in [0.3, 0.4) is 0 Å². The van der Waals surface area contributed by atoms with Crippen molar-refractivity contribution in [2.45, 2.75) is 86.5 Å². The van der Waals surface area contributed by atoms with Crippen LogP contribution in [-0.4, -0.2) is 35.7 Å². The Morgan fingerprint density at radius 3 is 2.47 bits per heavy atom. The number of allylic oxidation sites excluding steroid dienone is 4. The van der Waals surface area contributed by atoms with Crippen LogP contribution in [0, 0.1) is 62.1 Å². The Kier molecular flexibility index (Phi) is 6.19. The summed E-state index contributed by atoms with van der Waals surface area (Å²) in [5, 5.41) is 22.2. The average molecular weight is 521 g/mol. The molecule has 6 heteroatoms. The first-order valence-electron chi connectivity index (χ1n) is 14.6. The number of aliphatic hydroxyl groups excluding tert-OH is 1. The topological polar surface area (TPSA) is 107 Å². The first kappa shape index (κ1) is 27.3. The Bertz CT molecular complexity index is 1190. The molecule has 3 saturated carbocycles. The van der Waals surface area contributed by atoms with Crippen LogP contribution in [-0.2, 0) is 14.4 Å². The van der Waals surface area contributed by atoms with Gasteiger partial charge in [0.05, 0.1) is 17.6 Å². The fraction of sp³-hybridized carbons (Fsp3) is 0.750. The smallest absolute Gasteiger partial charge is 0.226 e. The van der Waals surface area contributed by atoms with E-state index in [1.165, 1.54) is 0 Å². The lowest BCUT2D eigenvalue weighted by Crippen LogP contribution is -2.66. The Balaban J connectivity index is 1.66. The summed E-state index contributed by atoms with van der Waals surface area (Å²) in [4.78, 5) is 41.2. The second-order valence-electron chi connectivity index (χ2n) is 14.4. The molecule has 5 aliphatic rings. The molecule has 8 atom stereocenters. The number of hydrogen-bond donors (Lipinski definition) is 2. The summed E-state index contributed by atoms with van der Waals surface area (Å²) >= 11 is 0. The molecule has 0 aliphatic heterocycles. The van der Waals surface area contributed by atoms with Gasteiger partial charge in [0.1, 0.15) is 6.07 Å². The Hall–Kier alpha value is -2.26. The lowest BCUT2D eigenvalue weighted by atomic mass is 9.34. The molecule has 38 heavy (non-hydrogen) atoms. The summed E-state index contributed by atoms with van der Waals surface area (Å²) in [5.41, 5.74) is -1.11. The molecule has 5 rings (SSSR count). The highest BCUT2D eigenvalue weighted by Crippen LogP contribution is 2.74. The zero-order chi connectivity index (χ0) is 27.9. The van der Waals surface area contributed by atoms with Crippen molar-refractivity contribution in [3.63, 3.8) is 0 Å². The maximum atomic E-state index is 14.4. The average Bonchev–Trinajstić information content (AvgIpc) is 2.86. The van der Waals surface area contributed by atoms with Gasteiger partial charge in [-0.05, 0) is 79.6 Å². The number of Topliss-reactive ketones (excluding diaryl/α,β-unsaturated/α-hetero) is 1. The van der Waals surface area contributed by atoms with Crippen molar-refractivity contribution in [3.05, 3.63) is 23.3 Å². The van der Waals surface area contributed by atoms with E-state index in [9.17, 15) is 24.8 Å². The van der Waals surface area contributed by atoms with Crippen LogP contribution in [0.5, 0.6) is 0 Å². The summed E-state index contributed by atoms with van der Waals surface area (Å²) in [6.45, 7) is 13.0. The lowest BCUT2D eigenvalue weighted by molar-refractivity contribution is -0.174. The second kappa shape index (κ2) is 8.62. The van der Waals surface area contributed by atoms with Crippen LogP contribution in [0.2, 0.25) is 0 Å². The molecule has 206 valence electrons. The van der Waals surface area contributed by atoms with Crippen molar-refractivity contribution in [2.24, 2.45) is 50.7 Å². The first-order valence-corrected chi connectivity index (χ1v) is 14.6. The molecule has 0 radical (unpaired) electrons. The molecule has 8 unspecified atom stereocenters. The molecule has 2 N–H and O–H groups in total. The summed E-state index contributed by atoms with van der Waals surface area (Å²) in [7, 11) is 0. The second-order valence-corrected chi connectivity index (χ2v) is 14.4. The van der Waals surface area contributed by atoms with Gasteiger partial charge in [-0.1, -0.05) is 53.2 Å². The molecular formula is C32H44N2O4. The fourth-order valence-electron chi connectivity index (χ4n) is 10.2. The van der Waals surface area contributed by atoms with E-state index in [1.807, 2.05) is 26.0 Å². The summed E-state index contributed by atoms with van der Waals surface area (Å²) in [6.07, 6.45) is 9.66. The first-order chi connectivity index (χ1) is 17.7. The molecule has 0 spiro atoms. The summed E-state index contributed by atoms with van der Waals surface area (Å²) in [6, 6.07) is 2.17. The minimum atomic E-state index is -0.678. The predicted molar refractivity (Wildman–Crippen MR) is 144 cm³/mol. The highest BCUT2D eigenvalue weighted by molar-refractivity contribution is 6.04. The van der Waals surface area contributed by atoms with Gasteiger partial charge in [0.15, 0.2) is 11.6 Å². The molecule has 6 nitrogen and oxygen atoms in total. The van der Waals surface area contributed by atoms with Gasteiger partial charge in [-0.25, -0.2) is 0 Å². The third-order valence-corrected chi connectivity index (χ3v) is 12.4. The van der Waals surface area contributed by atoms with Crippen molar-refractivity contribution >= 4 is 17.5 Å². The van der Waals surface area contributed by atoms with Crippen LogP contribution in [0.15, 0.2) is 23.3 Å². The Morgan fingerprint density at radius 2 is 1.82 bits per heavy atom. The Labute approximate surface area is 227 Å². The standard InChI is InChI=1S/C32H44N2O4/c1-19-7-10-32(27(38)34-13-14-35)12-11-31(6)25(21(32)15-19)22(36)16-24-29(4)17-20(18-33)26(37)28(2,3)23(29)8-9-30(24,31)5/h16-17,19,21,23,25,35H,7-15H2,1-6H3,(H,34,38). The van der Waals surface area contributed by atoms with Crippen LogP contribution in [0.1, 0.15) is 86.5 Å². The number of aliphatic hydroxyl groups is 1. The van der Waals surface area contributed by atoms with Gasteiger partial charge in [-0.3, -0.25) is 14.4 Å².